The molecule has 0 saturated carbocycles. The molecule has 1 aromatic carbocycles. The van der Waals surface area contributed by atoms with Crippen molar-refractivity contribution in [1.29, 1.82) is 0 Å². The molecule has 180 valence electrons. The first-order valence-electron chi connectivity index (χ1n) is 11.2. The summed E-state index contributed by atoms with van der Waals surface area (Å²) in [5.74, 6) is -2.34. The summed E-state index contributed by atoms with van der Waals surface area (Å²) in [6.45, 7) is 12.8. The molecule has 0 heterocycles. The Kier molecular flexibility index (Phi) is 10.9. The van der Waals surface area contributed by atoms with E-state index in [0.29, 0.717) is 5.92 Å². The summed E-state index contributed by atoms with van der Waals surface area (Å²) in [4.78, 5) is 37.8. The lowest BCUT2D eigenvalue weighted by atomic mass is 9.87. The molecule has 0 saturated heterocycles. The van der Waals surface area contributed by atoms with Crippen molar-refractivity contribution < 1.29 is 29.0 Å². The lowest BCUT2D eigenvalue weighted by molar-refractivity contribution is -0.161. The summed E-state index contributed by atoms with van der Waals surface area (Å²) in [5, 5.41) is 13.2. The van der Waals surface area contributed by atoms with E-state index in [0.717, 1.165) is 12.0 Å². The lowest BCUT2D eigenvalue weighted by Gasteiger charge is -2.27. The molecule has 7 nitrogen and oxygen atoms in total. The van der Waals surface area contributed by atoms with Crippen LogP contribution < -0.4 is 5.32 Å². The maximum atomic E-state index is 12.8. The van der Waals surface area contributed by atoms with E-state index >= 15 is 0 Å². The Hall–Kier alpha value is -2.41. The summed E-state index contributed by atoms with van der Waals surface area (Å²) in [6.07, 6.45) is -0.472. The third kappa shape index (κ3) is 10.3. The van der Waals surface area contributed by atoms with Crippen LogP contribution in [0.25, 0.3) is 0 Å². The molecule has 0 aromatic heterocycles. The van der Waals surface area contributed by atoms with Crippen molar-refractivity contribution in [3.8, 4) is 0 Å². The van der Waals surface area contributed by atoms with Crippen molar-refractivity contribution in [2.45, 2.75) is 85.7 Å². The number of hydrogen-bond donors (Lipinski definition) is 2. The van der Waals surface area contributed by atoms with Gasteiger partial charge in [0.1, 0.15) is 18.2 Å². The zero-order valence-electron chi connectivity index (χ0n) is 20.4. The molecule has 1 aromatic rings. The second-order valence-corrected chi connectivity index (χ2v) is 9.83. The molecule has 7 heteroatoms. The van der Waals surface area contributed by atoms with E-state index in [1.54, 1.807) is 27.7 Å². The molecule has 0 spiro atoms. The lowest BCUT2D eigenvalue weighted by Crippen LogP contribution is -2.48. The van der Waals surface area contributed by atoms with Crippen molar-refractivity contribution in [2.24, 2.45) is 17.8 Å². The van der Waals surface area contributed by atoms with Crippen LogP contribution in [0.1, 0.15) is 66.9 Å². The van der Waals surface area contributed by atoms with Crippen LogP contribution in [0.4, 0.5) is 0 Å². The van der Waals surface area contributed by atoms with Crippen molar-refractivity contribution >= 4 is 17.8 Å². The molecular formula is C25H39NO6. The van der Waals surface area contributed by atoms with Gasteiger partial charge in [0.2, 0.25) is 5.91 Å². The van der Waals surface area contributed by atoms with Gasteiger partial charge in [0.25, 0.3) is 0 Å². The van der Waals surface area contributed by atoms with Crippen molar-refractivity contribution in [3.05, 3.63) is 35.9 Å². The zero-order chi connectivity index (χ0) is 24.5. The molecule has 0 aliphatic rings. The first-order valence-corrected chi connectivity index (χ1v) is 11.2. The largest absolute Gasteiger partial charge is 0.460 e. The Morgan fingerprint density at radius 1 is 1.03 bits per heavy atom. The number of amides is 1. The maximum Gasteiger partial charge on any atom is 0.329 e. The number of nitrogens with one attached hydrogen (secondary N) is 1. The van der Waals surface area contributed by atoms with E-state index in [4.69, 9.17) is 9.47 Å². The third-order valence-electron chi connectivity index (χ3n) is 4.97. The van der Waals surface area contributed by atoms with Gasteiger partial charge in [-0.3, -0.25) is 9.59 Å². The topological polar surface area (TPSA) is 102 Å². The second-order valence-electron chi connectivity index (χ2n) is 9.83. The van der Waals surface area contributed by atoms with Crippen molar-refractivity contribution in [1.82, 2.24) is 5.32 Å². The van der Waals surface area contributed by atoms with E-state index in [1.165, 1.54) is 0 Å². The Morgan fingerprint density at radius 3 is 2.16 bits per heavy atom. The Bertz CT molecular complexity index is 741. The molecule has 0 aliphatic heterocycles. The van der Waals surface area contributed by atoms with Crippen LogP contribution in [0.5, 0.6) is 0 Å². The second kappa shape index (κ2) is 12.6. The summed E-state index contributed by atoms with van der Waals surface area (Å²) in [7, 11) is 0. The number of rotatable bonds is 11. The average molecular weight is 450 g/mol. The number of esters is 2. The molecule has 4 atom stereocenters. The average Bonchev–Trinajstić information content (AvgIpc) is 2.69. The summed E-state index contributed by atoms with van der Waals surface area (Å²) >= 11 is 0. The fraction of sp³-hybridized carbons (Fsp3) is 0.640. The number of carbonyl (C=O) groups excluding carboxylic acids is 3. The fourth-order valence-electron chi connectivity index (χ4n) is 3.41. The predicted molar refractivity (Wildman–Crippen MR) is 122 cm³/mol. The Morgan fingerprint density at radius 2 is 1.62 bits per heavy atom. The summed E-state index contributed by atoms with van der Waals surface area (Å²) in [5.41, 5.74) is 0.0597. The molecule has 0 unspecified atom stereocenters. The van der Waals surface area contributed by atoms with Gasteiger partial charge in [-0.05, 0) is 44.6 Å². The van der Waals surface area contributed by atoms with Crippen LogP contribution in [-0.4, -0.2) is 40.7 Å². The van der Waals surface area contributed by atoms with Gasteiger partial charge in [-0.2, -0.15) is 0 Å². The highest BCUT2D eigenvalue weighted by Crippen LogP contribution is 2.21. The van der Waals surface area contributed by atoms with Gasteiger partial charge in [-0.1, -0.05) is 58.0 Å². The van der Waals surface area contributed by atoms with Gasteiger partial charge in [-0.25, -0.2) is 4.79 Å². The highest BCUT2D eigenvalue weighted by atomic mass is 16.6. The van der Waals surface area contributed by atoms with Crippen LogP contribution in [0.15, 0.2) is 30.3 Å². The number of carbonyl (C=O) groups is 3. The molecule has 0 bridgehead atoms. The molecule has 0 radical (unpaired) electrons. The van der Waals surface area contributed by atoms with Gasteiger partial charge in [-0.15, -0.1) is 0 Å². The number of hydrogen-bond acceptors (Lipinski definition) is 6. The van der Waals surface area contributed by atoms with E-state index in [2.05, 4.69) is 5.32 Å². The Labute approximate surface area is 191 Å². The van der Waals surface area contributed by atoms with E-state index in [9.17, 15) is 19.5 Å². The van der Waals surface area contributed by atoms with Crippen LogP contribution in [-0.2, 0) is 30.5 Å². The molecule has 0 aliphatic carbocycles. The van der Waals surface area contributed by atoms with Crippen LogP contribution in [0.3, 0.4) is 0 Å². The standard InChI is InChI=1S/C25H39NO6/c1-16(2)13-17(3)22(28)18(4)23(29)26-20(14-21(27)32-25(5,6)7)24(30)31-15-19-11-9-8-10-12-19/h8-12,16-18,20,22,28H,13-15H2,1-7H3,(H,26,29)/t17-,18-,20-,22-/m1/s1. The van der Waals surface area contributed by atoms with Crippen LogP contribution in [0.2, 0.25) is 0 Å². The predicted octanol–water partition coefficient (Wildman–Crippen LogP) is 3.63. The summed E-state index contributed by atoms with van der Waals surface area (Å²) < 4.78 is 10.6. The van der Waals surface area contributed by atoms with Crippen molar-refractivity contribution in [3.63, 3.8) is 0 Å². The first-order chi connectivity index (χ1) is 14.8. The van der Waals surface area contributed by atoms with E-state index < -0.39 is 41.5 Å². The number of benzene rings is 1. The van der Waals surface area contributed by atoms with Crippen LogP contribution >= 0.6 is 0 Å². The molecule has 2 N–H and O–H groups in total. The molecule has 1 amide bonds. The molecule has 0 fully saturated rings. The first kappa shape index (κ1) is 27.6. The highest BCUT2D eigenvalue weighted by molar-refractivity contribution is 5.89. The number of aliphatic hydroxyl groups excluding tert-OH is 1. The third-order valence-corrected chi connectivity index (χ3v) is 4.97. The number of ether oxygens (including phenoxy) is 2. The normalized spacial score (nSPS) is 15.4. The monoisotopic (exact) mass is 449 g/mol. The highest BCUT2D eigenvalue weighted by Gasteiger charge is 2.33. The van der Waals surface area contributed by atoms with Gasteiger partial charge < -0.3 is 19.9 Å². The number of aliphatic hydroxyl groups is 1. The van der Waals surface area contributed by atoms with E-state index in [1.807, 2.05) is 51.1 Å². The van der Waals surface area contributed by atoms with Gasteiger partial charge in [0.05, 0.1) is 18.4 Å². The minimum Gasteiger partial charge on any atom is -0.460 e. The summed E-state index contributed by atoms with van der Waals surface area (Å²) in [6, 6.07) is 7.90. The molecular weight excluding hydrogens is 410 g/mol. The molecule has 1 rings (SSSR count). The maximum absolute atomic E-state index is 12.8. The zero-order valence-corrected chi connectivity index (χ0v) is 20.4. The minimum atomic E-state index is -1.21. The Balaban J connectivity index is 2.87. The molecule has 32 heavy (non-hydrogen) atoms. The van der Waals surface area contributed by atoms with Gasteiger partial charge >= 0.3 is 11.9 Å². The SMILES string of the molecule is CC(C)C[C@@H](C)[C@@H](O)[C@@H](C)C(=O)N[C@H](CC(=O)OC(C)(C)C)C(=O)OCc1ccccc1. The smallest absolute Gasteiger partial charge is 0.329 e. The van der Waals surface area contributed by atoms with E-state index in [-0.39, 0.29) is 18.9 Å². The quantitative estimate of drug-likeness (QED) is 0.500. The van der Waals surface area contributed by atoms with Gasteiger partial charge in [0, 0.05) is 0 Å². The fourth-order valence-corrected chi connectivity index (χ4v) is 3.41. The minimum absolute atomic E-state index is 0.0178. The van der Waals surface area contributed by atoms with Crippen LogP contribution in [0, 0.1) is 17.8 Å². The van der Waals surface area contributed by atoms with Gasteiger partial charge in [0.15, 0.2) is 0 Å². The van der Waals surface area contributed by atoms with Crippen molar-refractivity contribution in [2.75, 3.05) is 0 Å².